The van der Waals surface area contributed by atoms with E-state index >= 15 is 0 Å². The van der Waals surface area contributed by atoms with Crippen molar-refractivity contribution in [2.75, 3.05) is 18.0 Å². The largest absolute Gasteiger partial charge is 0.393 e. The number of hydrogen-bond acceptors (Lipinski definition) is 4. The highest BCUT2D eigenvalue weighted by Crippen LogP contribution is 2.39. The predicted octanol–water partition coefficient (Wildman–Crippen LogP) is 8.55. The van der Waals surface area contributed by atoms with Gasteiger partial charge in [-0.1, -0.05) is 52.5 Å². The number of aromatic nitrogens is 2. The molecule has 13 heteroatoms. The number of thiophene rings is 1. The summed E-state index contributed by atoms with van der Waals surface area (Å²) in [6.07, 6.45) is -3.42. The topological polar surface area (TPSA) is 50.2 Å². The van der Waals surface area contributed by atoms with Crippen LogP contribution in [0.5, 0.6) is 0 Å². The van der Waals surface area contributed by atoms with E-state index in [1.807, 2.05) is 11.6 Å². The Kier molecular flexibility index (Phi) is 8.51. The summed E-state index contributed by atoms with van der Waals surface area (Å²) >= 11 is 27.1. The van der Waals surface area contributed by atoms with Crippen LogP contribution in [0.15, 0.2) is 35.7 Å². The summed E-state index contributed by atoms with van der Waals surface area (Å²) in [6.45, 7) is 0.536. The van der Waals surface area contributed by atoms with Gasteiger partial charge in [-0.3, -0.25) is 4.79 Å². The number of rotatable bonds is 6. The van der Waals surface area contributed by atoms with Crippen molar-refractivity contribution in [2.45, 2.75) is 32.0 Å². The summed E-state index contributed by atoms with van der Waals surface area (Å²) in [5.41, 5.74) is 3.21. The molecule has 1 unspecified atom stereocenters. The highest BCUT2D eigenvalue weighted by atomic mass is 35.5. The Morgan fingerprint density at radius 3 is 2.60 bits per heavy atom. The molecule has 1 saturated heterocycles. The van der Waals surface area contributed by atoms with Crippen molar-refractivity contribution in [3.8, 4) is 0 Å². The van der Waals surface area contributed by atoms with Crippen molar-refractivity contribution >= 4 is 80.4 Å². The van der Waals surface area contributed by atoms with Gasteiger partial charge >= 0.3 is 6.18 Å². The molecule has 5 nitrogen and oxygen atoms in total. The number of imidazole rings is 1. The number of carbonyl (C=O) groups excluding carboxylic acids is 1. The molecule has 2 aromatic carbocycles. The van der Waals surface area contributed by atoms with Crippen LogP contribution in [-0.4, -0.2) is 34.7 Å². The quantitative estimate of drug-likeness (QED) is 0.228. The van der Waals surface area contributed by atoms with Gasteiger partial charge in [-0.25, -0.2) is 4.98 Å². The third-order valence-electron chi connectivity index (χ3n) is 7.13. The lowest BCUT2D eigenvalue weighted by Gasteiger charge is -2.35. The maximum Gasteiger partial charge on any atom is 0.393 e. The number of anilines is 1. The molecule has 3 heterocycles. The molecule has 0 bridgehead atoms. The zero-order chi connectivity index (χ0) is 28.8. The number of hydrogen-bond donors (Lipinski definition) is 1. The molecule has 1 aliphatic heterocycles. The number of alkyl halides is 3. The Morgan fingerprint density at radius 2 is 1.90 bits per heavy atom. The minimum atomic E-state index is -4.25. The first kappa shape index (κ1) is 29.3. The van der Waals surface area contributed by atoms with Gasteiger partial charge in [-0.2, -0.15) is 13.2 Å². The highest BCUT2D eigenvalue weighted by Gasteiger charge is 2.42. The van der Waals surface area contributed by atoms with E-state index in [0.717, 1.165) is 5.52 Å². The van der Waals surface area contributed by atoms with Crippen LogP contribution in [0.2, 0.25) is 20.1 Å². The first-order valence-electron chi connectivity index (χ1n) is 12.4. The Balaban J connectivity index is 1.40. The monoisotopic (exact) mass is 648 g/mol. The summed E-state index contributed by atoms with van der Waals surface area (Å²) in [5, 5.41) is 6.15. The van der Waals surface area contributed by atoms with Gasteiger partial charge in [-0.15, -0.1) is 11.3 Å². The molecular weight excluding hydrogens is 627 g/mol. The van der Waals surface area contributed by atoms with Gasteiger partial charge in [0.05, 0.1) is 37.7 Å². The molecule has 1 N–H and O–H groups in total. The van der Waals surface area contributed by atoms with Crippen molar-refractivity contribution in [1.82, 2.24) is 14.9 Å². The molecule has 40 heavy (non-hydrogen) atoms. The van der Waals surface area contributed by atoms with Crippen LogP contribution in [0, 0.1) is 5.92 Å². The lowest BCUT2D eigenvalue weighted by molar-refractivity contribution is -0.175. The summed E-state index contributed by atoms with van der Waals surface area (Å²) in [6, 6.07) is 8.59. The number of amides is 1. The third-order valence-corrected chi connectivity index (χ3v) is 9.60. The third kappa shape index (κ3) is 5.90. The number of piperidine rings is 1. The van der Waals surface area contributed by atoms with Gasteiger partial charge in [0, 0.05) is 38.1 Å². The molecule has 1 fully saturated rings. The van der Waals surface area contributed by atoms with Gasteiger partial charge in [0.25, 0.3) is 5.91 Å². The second-order valence-corrected chi connectivity index (χ2v) is 12.2. The summed E-state index contributed by atoms with van der Waals surface area (Å²) in [4.78, 5) is 19.3. The van der Waals surface area contributed by atoms with Gasteiger partial charge in [0.2, 0.25) is 0 Å². The van der Waals surface area contributed by atoms with Crippen molar-refractivity contribution in [1.29, 1.82) is 0 Å². The fourth-order valence-corrected chi connectivity index (χ4v) is 6.84. The standard InChI is InChI=1S/C27H23Cl4F3N4OS/c1-37-22-11-21(38-7-2-3-15(13-38)27(32,33)34)19(30)10-20(22)36-23(37)9-16-17(28)5-4-14(24(16)31)12-35-26(39)25-18(29)6-8-40-25/h4-6,8,10-11,15H,2-3,7,9,12-13H2,1H3,(H,35,39). The Bertz CT molecular complexity index is 1590. The van der Waals surface area contributed by atoms with Gasteiger partial charge < -0.3 is 14.8 Å². The smallest absolute Gasteiger partial charge is 0.370 e. The van der Waals surface area contributed by atoms with Crippen LogP contribution < -0.4 is 10.2 Å². The van der Waals surface area contributed by atoms with Crippen LogP contribution >= 0.6 is 57.7 Å². The lowest BCUT2D eigenvalue weighted by Crippen LogP contribution is -2.41. The lowest BCUT2D eigenvalue weighted by atomic mass is 9.97. The van der Waals surface area contributed by atoms with E-state index in [1.54, 1.807) is 40.6 Å². The van der Waals surface area contributed by atoms with Crippen molar-refractivity contribution < 1.29 is 18.0 Å². The van der Waals surface area contributed by atoms with E-state index in [1.165, 1.54) is 11.3 Å². The van der Waals surface area contributed by atoms with E-state index < -0.39 is 12.1 Å². The molecular formula is C27H23Cl4F3N4OS. The van der Waals surface area contributed by atoms with Crippen LogP contribution in [0.4, 0.5) is 18.9 Å². The molecule has 1 amide bonds. The van der Waals surface area contributed by atoms with E-state index in [4.69, 9.17) is 51.4 Å². The molecule has 4 aromatic rings. The highest BCUT2D eigenvalue weighted by molar-refractivity contribution is 7.12. The van der Waals surface area contributed by atoms with E-state index in [0.29, 0.717) is 66.1 Å². The number of nitrogens with one attached hydrogen (secondary N) is 1. The van der Waals surface area contributed by atoms with Gasteiger partial charge in [-0.05, 0) is 53.6 Å². The summed E-state index contributed by atoms with van der Waals surface area (Å²) in [7, 11) is 1.83. The summed E-state index contributed by atoms with van der Waals surface area (Å²) < 4.78 is 42.1. The van der Waals surface area contributed by atoms with E-state index in [-0.39, 0.29) is 31.8 Å². The number of benzene rings is 2. The minimum absolute atomic E-state index is 0.113. The maximum atomic E-state index is 13.4. The van der Waals surface area contributed by atoms with Crippen LogP contribution in [0.25, 0.3) is 11.0 Å². The molecule has 1 atom stereocenters. The summed E-state index contributed by atoms with van der Waals surface area (Å²) in [5.74, 6) is -1.05. The second kappa shape index (κ2) is 11.6. The van der Waals surface area contributed by atoms with Crippen LogP contribution in [0.3, 0.4) is 0 Å². The molecule has 0 aliphatic carbocycles. The number of halogens is 7. The minimum Gasteiger partial charge on any atom is -0.370 e. The van der Waals surface area contributed by atoms with Crippen LogP contribution in [-0.2, 0) is 20.0 Å². The van der Waals surface area contributed by atoms with E-state index in [2.05, 4.69) is 5.32 Å². The Morgan fingerprint density at radius 1 is 1.12 bits per heavy atom. The molecule has 2 aromatic heterocycles. The Hall–Kier alpha value is -2.17. The van der Waals surface area contributed by atoms with E-state index in [9.17, 15) is 18.0 Å². The van der Waals surface area contributed by atoms with Gasteiger partial charge in [0.1, 0.15) is 10.7 Å². The average molecular weight is 650 g/mol. The predicted molar refractivity (Wildman–Crippen MR) is 156 cm³/mol. The first-order chi connectivity index (χ1) is 18.9. The van der Waals surface area contributed by atoms with Crippen molar-refractivity contribution in [3.05, 3.63) is 77.6 Å². The number of carbonyl (C=O) groups is 1. The number of aryl methyl sites for hydroxylation is 1. The normalized spacial score (nSPS) is 16.1. The zero-order valence-electron chi connectivity index (χ0n) is 21.1. The van der Waals surface area contributed by atoms with Gasteiger partial charge in [0.15, 0.2) is 0 Å². The number of fused-ring (bicyclic) bond motifs is 1. The molecule has 0 spiro atoms. The number of nitrogens with zero attached hydrogens (tertiary/aromatic N) is 3. The first-order valence-corrected chi connectivity index (χ1v) is 14.8. The average Bonchev–Trinajstić information content (AvgIpc) is 3.47. The molecule has 5 rings (SSSR count). The fraction of sp³-hybridized carbons (Fsp3) is 0.333. The molecule has 0 saturated carbocycles. The maximum absolute atomic E-state index is 13.4. The zero-order valence-corrected chi connectivity index (χ0v) is 24.9. The molecule has 1 aliphatic rings. The van der Waals surface area contributed by atoms with Crippen molar-refractivity contribution in [2.24, 2.45) is 13.0 Å². The Labute approximate surface area is 252 Å². The second-order valence-electron chi connectivity index (χ2n) is 9.66. The molecule has 212 valence electrons. The van der Waals surface area contributed by atoms with Crippen LogP contribution in [0.1, 0.15) is 39.5 Å². The SMILES string of the molecule is Cn1c(Cc2c(Cl)ccc(CNC(=O)c3sccc3Cl)c2Cl)nc2cc(Cl)c(N3CCCC(C(F)(F)F)C3)cc21. The van der Waals surface area contributed by atoms with Crippen molar-refractivity contribution in [3.63, 3.8) is 0 Å². The fourth-order valence-electron chi connectivity index (χ4n) is 4.93. The molecule has 0 radical (unpaired) electrons.